The highest BCUT2D eigenvalue weighted by atomic mass is 32.2. The fourth-order valence-corrected chi connectivity index (χ4v) is 4.52. The van der Waals surface area contributed by atoms with Gasteiger partial charge in [-0.05, 0) is 43.4 Å². The molecule has 0 amide bonds. The van der Waals surface area contributed by atoms with E-state index >= 15 is 0 Å². The number of aliphatic carboxylic acids is 1. The molecule has 0 aliphatic heterocycles. The molecule has 0 saturated heterocycles. The maximum Gasteiger partial charge on any atom is 0.306 e. The number of sulfone groups is 1. The van der Waals surface area contributed by atoms with Gasteiger partial charge >= 0.3 is 5.97 Å². The molecule has 110 valence electrons. The van der Waals surface area contributed by atoms with Gasteiger partial charge in [-0.25, -0.2) is 8.42 Å². The summed E-state index contributed by atoms with van der Waals surface area (Å²) >= 11 is 0. The van der Waals surface area contributed by atoms with Crippen molar-refractivity contribution in [1.29, 1.82) is 0 Å². The summed E-state index contributed by atoms with van der Waals surface area (Å²) in [5, 5.41) is 8.51. The zero-order chi connectivity index (χ0) is 14.8. The minimum absolute atomic E-state index is 0.00428. The Bertz CT molecular complexity index is 572. The molecule has 2 rings (SSSR count). The Balaban J connectivity index is 2.01. The molecular weight excluding hydrogens is 278 g/mol. The maximum absolute atomic E-state index is 12.3. The number of hydrogen-bond donors (Lipinski definition) is 2. The Hall–Kier alpha value is -1.56. The Morgan fingerprint density at radius 1 is 1.15 bits per heavy atom. The van der Waals surface area contributed by atoms with Crippen LogP contribution in [-0.4, -0.2) is 24.7 Å². The van der Waals surface area contributed by atoms with Crippen LogP contribution in [0.5, 0.6) is 0 Å². The maximum atomic E-state index is 12.3. The van der Waals surface area contributed by atoms with Crippen LogP contribution in [0.15, 0.2) is 24.3 Å². The van der Waals surface area contributed by atoms with E-state index in [1.165, 1.54) is 0 Å². The molecule has 0 radical (unpaired) electrons. The van der Waals surface area contributed by atoms with Crippen molar-refractivity contribution >= 4 is 21.5 Å². The number of carboxylic acids is 1. The summed E-state index contributed by atoms with van der Waals surface area (Å²) in [6, 6.07) is 6.81. The van der Waals surface area contributed by atoms with Crippen LogP contribution in [0, 0.1) is 5.92 Å². The van der Waals surface area contributed by atoms with Gasteiger partial charge in [0.15, 0.2) is 9.84 Å². The molecule has 20 heavy (non-hydrogen) atoms. The van der Waals surface area contributed by atoms with Gasteiger partial charge in [0.25, 0.3) is 0 Å². The molecule has 0 spiro atoms. The topological polar surface area (TPSA) is 97.5 Å². The monoisotopic (exact) mass is 297 g/mol. The molecule has 1 fully saturated rings. The average molecular weight is 297 g/mol. The summed E-state index contributed by atoms with van der Waals surface area (Å²) in [6.07, 6.45) is 1.77. The van der Waals surface area contributed by atoms with Crippen molar-refractivity contribution < 1.29 is 18.3 Å². The van der Waals surface area contributed by atoms with E-state index in [0.717, 1.165) is 5.56 Å². The number of carbonyl (C=O) groups is 1. The molecule has 1 aliphatic carbocycles. The lowest BCUT2D eigenvalue weighted by Gasteiger charge is -2.25. The summed E-state index contributed by atoms with van der Waals surface area (Å²) in [5.41, 5.74) is 6.90. The molecule has 1 aliphatic rings. The van der Waals surface area contributed by atoms with Crippen molar-refractivity contribution in [3.63, 3.8) is 0 Å². The molecular formula is C14H19NO4S. The van der Waals surface area contributed by atoms with E-state index in [4.69, 9.17) is 10.8 Å². The van der Waals surface area contributed by atoms with E-state index in [1.807, 2.05) is 0 Å². The summed E-state index contributed by atoms with van der Waals surface area (Å²) in [7, 11) is -3.23. The van der Waals surface area contributed by atoms with Crippen LogP contribution in [0.1, 0.15) is 31.2 Å². The smallest absolute Gasteiger partial charge is 0.306 e. The molecule has 1 aromatic carbocycles. The van der Waals surface area contributed by atoms with Crippen LogP contribution in [-0.2, 0) is 20.4 Å². The molecule has 6 heteroatoms. The Morgan fingerprint density at radius 3 is 2.20 bits per heavy atom. The second-order valence-corrected chi connectivity index (χ2v) is 7.64. The summed E-state index contributed by atoms with van der Waals surface area (Å²) < 4.78 is 24.7. The normalized spacial score (nSPS) is 23.4. The van der Waals surface area contributed by atoms with E-state index in [1.54, 1.807) is 24.3 Å². The molecule has 0 atom stereocenters. The molecule has 5 nitrogen and oxygen atoms in total. The fourth-order valence-electron chi connectivity index (χ4n) is 2.63. The molecule has 0 heterocycles. The third kappa shape index (κ3) is 3.50. The second-order valence-electron chi connectivity index (χ2n) is 5.36. The van der Waals surface area contributed by atoms with Crippen molar-refractivity contribution in [1.82, 2.24) is 0 Å². The lowest BCUT2D eigenvalue weighted by molar-refractivity contribution is -0.142. The van der Waals surface area contributed by atoms with E-state index in [9.17, 15) is 13.2 Å². The summed E-state index contributed by atoms with van der Waals surface area (Å²) in [4.78, 5) is 10.9. The highest BCUT2D eigenvalue weighted by Crippen LogP contribution is 2.30. The predicted molar refractivity (Wildman–Crippen MR) is 76.9 cm³/mol. The van der Waals surface area contributed by atoms with E-state index < -0.39 is 27.0 Å². The minimum atomic E-state index is -3.23. The molecule has 0 unspecified atom stereocenters. The Labute approximate surface area is 118 Å². The second kappa shape index (κ2) is 5.83. The van der Waals surface area contributed by atoms with Crippen molar-refractivity contribution in [3.05, 3.63) is 29.8 Å². The first-order chi connectivity index (χ1) is 9.38. The van der Waals surface area contributed by atoms with Gasteiger partial charge in [0.2, 0.25) is 0 Å². The van der Waals surface area contributed by atoms with Crippen LogP contribution in [0.25, 0.3) is 0 Å². The van der Waals surface area contributed by atoms with Crippen LogP contribution in [0.4, 0.5) is 5.69 Å². The fraction of sp³-hybridized carbons (Fsp3) is 0.500. The van der Waals surface area contributed by atoms with Gasteiger partial charge in [-0.3, -0.25) is 4.79 Å². The van der Waals surface area contributed by atoms with E-state index in [-0.39, 0.29) is 5.75 Å². The zero-order valence-corrected chi connectivity index (χ0v) is 12.0. The zero-order valence-electron chi connectivity index (χ0n) is 11.2. The number of carboxylic acid groups (broad SMARTS) is 1. The van der Waals surface area contributed by atoms with Crippen molar-refractivity contribution in [2.75, 3.05) is 5.73 Å². The Kier molecular flexibility index (Phi) is 4.32. The quantitative estimate of drug-likeness (QED) is 0.826. The average Bonchev–Trinajstić information content (AvgIpc) is 2.41. The number of hydrogen-bond acceptors (Lipinski definition) is 4. The van der Waals surface area contributed by atoms with Gasteiger partial charge in [-0.15, -0.1) is 0 Å². The third-order valence-corrected chi connectivity index (χ3v) is 6.10. The molecule has 0 aromatic heterocycles. The SMILES string of the molecule is Nc1ccc(CS(=O)(=O)C2CCC(C(=O)O)CC2)cc1. The first kappa shape index (κ1) is 14.8. The molecule has 0 bridgehead atoms. The lowest BCUT2D eigenvalue weighted by atomic mass is 9.89. The van der Waals surface area contributed by atoms with Crippen LogP contribution in [0.3, 0.4) is 0 Å². The van der Waals surface area contributed by atoms with Gasteiger partial charge in [0.1, 0.15) is 0 Å². The van der Waals surface area contributed by atoms with Crippen LogP contribution in [0.2, 0.25) is 0 Å². The molecule has 1 saturated carbocycles. The highest BCUT2D eigenvalue weighted by molar-refractivity contribution is 7.91. The molecule has 3 N–H and O–H groups in total. The van der Waals surface area contributed by atoms with Crippen molar-refractivity contribution in [3.8, 4) is 0 Å². The van der Waals surface area contributed by atoms with Gasteiger partial charge in [0.05, 0.1) is 16.9 Å². The number of nitrogens with two attached hydrogens (primary N) is 1. The minimum Gasteiger partial charge on any atom is -0.481 e. The summed E-state index contributed by atoms with van der Waals surface area (Å²) in [6.45, 7) is 0. The van der Waals surface area contributed by atoms with Gasteiger partial charge in [-0.1, -0.05) is 12.1 Å². The van der Waals surface area contributed by atoms with Gasteiger partial charge in [0, 0.05) is 5.69 Å². The van der Waals surface area contributed by atoms with Crippen LogP contribution < -0.4 is 5.73 Å². The standard InChI is InChI=1S/C14H19NO4S/c15-12-5-1-10(2-6-12)9-20(18,19)13-7-3-11(4-8-13)14(16)17/h1-2,5-6,11,13H,3-4,7-9,15H2,(H,16,17). The third-order valence-electron chi connectivity index (χ3n) is 3.88. The van der Waals surface area contributed by atoms with E-state index in [2.05, 4.69) is 0 Å². The van der Waals surface area contributed by atoms with Crippen molar-refractivity contribution in [2.45, 2.75) is 36.7 Å². The number of nitrogen functional groups attached to an aromatic ring is 1. The van der Waals surface area contributed by atoms with Crippen molar-refractivity contribution in [2.24, 2.45) is 5.92 Å². The largest absolute Gasteiger partial charge is 0.481 e. The Morgan fingerprint density at radius 2 is 1.70 bits per heavy atom. The highest BCUT2D eigenvalue weighted by Gasteiger charge is 2.33. The number of benzene rings is 1. The lowest BCUT2D eigenvalue weighted by Crippen LogP contribution is -2.30. The van der Waals surface area contributed by atoms with Crippen LogP contribution >= 0.6 is 0 Å². The summed E-state index contributed by atoms with van der Waals surface area (Å²) in [5.74, 6) is -1.22. The van der Waals surface area contributed by atoms with Gasteiger partial charge in [-0.2, -0.15) is 0 Å². The first-order valence-corrected chi connectivity index (χ1v) is 8.39. The number of rotatable bonds is 4. The first-order valence-electron chi connectivity index (χ1n) is 6.67. The predicted octanol–water partition coefficient (Wildman–Crippen LogP) is 1.83. The van der Waals surface area contributed by atoms with Gasteiger partial charge < -0.3 is 10.8 Å². The number of anilines is 1. The van der Waals surface area contributed by atoms with E-state index in [0.29, 0.717) is 31.4 Å². The molecule has 1 aromatic rings.